The summed E-state index contributed by atoms with van der Waals surface area (Å²) in [5.74, 6) is -0.0410. The van der Waals surface area contributed by atoms with E-state index in [1.165, 1.54) is 5.56 Å². The van der Waals surface area contributed by atoms with Crippen LogP contribution in [0.1, 0.15) is 44.2 Å². The molecule has 1 unspecified atom stereocenters. The molecule has 2 nitrogen and oxygen atoms in total. The summed E-state index contributed by atoms with van der Waals surface area (Å²) < 4.78 is 0. The van der Waals surface area contributed by atoms with Crippen molar-refractivity contribution in [2.24, 2.45) is 0 Å². The smallest absolute Gasteiger partial charge is 0.252 e. The number of hydrogen-bond donors (Lipinski definition) is 1. The highest BCUT2D eigenvalue weighted by atomic mass is 16.1. The summed E-state index contributed by atoms with van der Waals surface area (Å²) >= 11 is 0. The number of carbonyl (C=O) groups excluding carboxylic acids is 1. The molecule has 0 aromatic heterocycles. The molecule has 1 atom stereocenters. The van der Waals surface area contributed by atoms with Crippen molar-refractivity contribution in [1.29, 1.82) is 0 Å². The van der Waals surface area contributed by atoms with E-state index in [2.05, 4.69) is 66.8 Å². The van der Waals surface area contributed by atoms with Crippen LogP contribution in [-0.2, 0) is 12.8 Å². The van der Waals surface area contributed by atoms with Gasteiger partial charge in [0, 0.05) is 5.56 Å². The lowest BCUT2D eigenvalue weighted by Crippen LogP contribution is -2.30. The van der Waals surface area contributed by atoms with Crippen LogP contribution in [0.3, 0.4) is 0 Å². The van der Waals surface area contributed by atoms with Gasteiger partial charge in [0.15, 0.2) is 0 Å². The average molecular weight is 406 g/mol. The molecule has 0 aliphatic heterocycles. The third kappa shape index (κ3) is 5.10. The van der Waals surface area contributed by atoms with Gasteiger partial charge < -0.3 is 5.32 Å². The number of hydrogen-bond acceptors (Lipinski definition) is 1. The van der Waals surface area contributed by atoms with Crippen molar-refractivity contribution in [3.63, 3.8) is 0 Å². The topological polar surface area (TPSA) is 29.1 Å². The summed E-state index contributed by atoms with van der Waals surface area (Å²) in [7, 11) is 0. The maximum Gasteiger partial charge on any atom is 0.252 e. The van der Waals surface area contributed by atoms with Crippen molar-refractivity contribution in [2.75, 3.05) is 0 Å². The van der Waals surface area contributed by atoms with E-state index in [0.29, 0.717) is 0 Å². The summed E-state index contributed by atoms with van der Waals surface area (Å²) in [6, 6.07) is 36.5. The second-order valence-electron chi connectivity index (χ2n) is 7.82. The standard InChI is InChI=1S/C29H27NO/c1-22-12-8-10-18-26(22)28(25-16-6-3-7-17-25)30-29(31)27-19-11-9-15-24(27)21-20-23-13-4-2-5-14-23/h2-19,28H,20-21H2,1H3,(H,30,31). The van der Waals surface area contributed by atoms with Crippen molar-refractivity contribution >= 4 is 5.91 Å². The Morgan fingerprint density at radius 2 is 1.32 bits per heavy atom. The highest BCUT2D eigenvalue weighted by Crippen LogP contribution is 2.26. The Bertz CT molecular complexity index is 1140. The maximum absolute atomic E-state index is 13.4. The summed E-state index contributed by atoms with van der Waals surface area (Å²) in [6.07, 6.45) is 1.74. The fourth-order valence-electron chi connectivity index (χ4n) is 3.99. The maximum atomic E-state index is 13.4. The van der Waals surface area contributed by atoms with Crippen molar-refractivity contribution in [3.05, 3.63) is 143 Å². The van der Waals surface area contributed by atoms with Crippen molar-refractivity contribution in [1.82, 2.24) is 5.32 Å². The molecule has 0 saturated heterocycles. The highest BCUT2D eigenvalue weighted by molar-refractivity contribution is 5.96. The van der Waals surface area contributed by atoms with Gasteiger partial charge in [-0.05, 0) is 53.6 Å². The second-order valence-corrected chi connectivity index (χ2v) is 7.82. The van der Waals surface area contributed by atoms with Crippen LogP contribution in [-0.4, -0.2) is 5.91 Å². The first-order chi connectivity index (χ1) is 15.2. The zero-order valence-electron chi connectivity index (χ0n) is 17.8. The average Bonchev–Trinajstić information content (AvgIpc) is 2.83. The molecule has 1 N–H and O–H groups in total. The molecule has 1 amide bonds. The van der Waals surface area contributed by atoms with Crippen LogP contribution >= 0.6 is 0 Å². The van der Waals surface area contributed by atoms with E-state index in [4.69, 9.17) is 0 Å². The third-order valence-electron chi connectivity index (χ3n) is 5.70. The van der Waals surface area contributed by atoms with E-state index in [1.54, 1.807) is 0 Å². The minimum atomic E-state index is -0.197. The van der Waals surface area contributed by atoms with Crippen LogP contribution in [0.25, 0.3) is 0 Å². The zero-order valence-corrected chi connectivity index (χ0v) is 17.8. The molecule has 0 saturated carbocycles. The summed E-state index contributed by atoms with van der Waals surface area (Å²) in [5, 5.41) is 3.31. The predicted molar refractivity (Wildman–Crippen MR) is 127 cm³/mol. The molecule has 31 heavy (non-hydrogen) atoms. The van der Waals surface area contributed by atoms with Gasteiger partial charge in [-0.25, -0.2) is 0 Å². The molecule has 154 valence electrons. The minimum Gasteiger partial charge on any atom is -0.341 e. The van der Waals surface area contributed by atoms with E-state index >= 15 is 0 Å². The molecule has 0 fully saturated rings. The Hall–Kier alpha value is -3.65. The number of amides is 1. The first kappa shape index (κ1) is 20.6. The Labute approximate surface area is 184 Å². The molecule has 0 spiro atoms. The lowest BCUT2D eigenvalue weighted by molar-refractivity contribution is 0.0942. The fourth-order valence-corrected chi connectivity index (χ4v) is 3.99. The van der Waals surface area contributed by atoms with Gasteiger partial charge in [0.25, 0.3) is 5.91 Å². The predicted octanol–water partition coefficient (Wildman–Crippen LogP) is 6.30. The summed E-state index contributed by atoms with van der Waals surface area (Å²) in [5.41, 5.74) is 6.44. The molecule has 0 heterocycles. The fraction of sp³-hybridized carbons (Fsp3) is 0.138. The number of carbonyl (C=O) groups is 1. The second kappa shape index (κ2) is 9.90. The largest absolute Gasteiger partial charge is 0.341 e. The van der Waals surface area contributed by atoms with E-state index in [1.807, 2.05) is 54.6 Å². The lowest BCUT2D eigenvalue weighted by Gasteiger charge is -2.22. The number of nitrogens with one attached hydrogen (secondary N) is 1. The van der Waals surface area contributed by atoms with Crippen LogP contribution in [0.4, 0.5) is 0 Å². The van der Waals surface area contributed by atoms with Crippen molar-refractivity contribution in [3.8, 4) is 0 Å². The monoisotopic (exact) mass is 405 g/mol. The van der Waals surface area contributed by atoms with Gasteiger partial charge in [0.1, 0.15) is 0 Å². The molecule has 0 bridgehead atoms. The van der Waals surface area contributed by atoms with E-state index < -0.39 is 0 Å². The molecule has 2 heteroatoms. The summed E-state index contributed by atoms with van der Waals surface area (Å²) in [6.45, 7) is 2.09. The van der Waals surface area contributed by atoms with Crippen LogP contribution < -0.4 is 5.32 Å². The number of benzene rings is 4. The number of rotatable bonds is 7. The van der Waals surface area contributed by atoms with Crippen molar-refractivity contribution in [2.45, 2.75) is 25.8 Å². The Morgan fingerprint density at radius 3 is 2.06 bits per heavy atom. The third-order valence-corrected chi connectivity index (χ3v) is 5.70. The van der Waals surface area contributed by atoms with E-state index in [-0.39, 0.29) is 11.9 Å². The Balaban J connectivity index is 1.60. The first-order valence-corrected chi connectivity index (χ1v) is 10.8. The van der Waals surface area contributed by atoms with Crippen molar-refractivity contribution < 1.29 is 4.79 Å². The minimum absolute atomic E-state index is 0.0410. The molecule has 4 rings (SSSR count). The van der Waals surface area contributed by atoms with Gasteiger partial charge in [-0.1, -0.05) is 103 Å². The normalized spacial score (nSPS) is 11.6. The van der Waals surface area contributed by atoms with Gasteiger partial charge in [0.2, 0.25) is 0 Å². The van der Waals surface area contributed by atoms with Gasteiger partial charge in [-0.3, -0.25) is 4.79 Å². The molecular formula is C29H27NO. The van der Waals surface area contributed by atoms with Gasteiger partial charge >= 0.3 is 0 Å². The van der Waals surface area contributed by atoms with Crippen LogP contribution in [0.5, 0.6) is 0 Å². The van der Waals surface area contributed by atoms with Crippen LogP contribution in [0, 0.1) is 6.92 Å². The Kier molecular flexibility index (Phi) is 6.59. The first-order valence-electron chi connectivity index (χ1n) is 10.8. The van der Waals surface area contributed by atoms with E-state index in [9.17, 15) is 4.79 Å². The zero-order chi connectivity index (χ0) is 21.5. The quantitative estimate of drug-likeness (QED) is 0.384. The summed E-state index contributed by atoms with van der Waals surface area (Å²) in [4.78, 5) is 13.4. The molecular weight excluding hydrogens is 378 g/mol. The molecule has 4 aromatic carbocycles. The molecule has 4 aromatic rings. The molecule has 0 aliphatic rings. The van der Waals surface area contributed by atoms with Crippen LogP contribution in [0.2, 0.25) is 0 Å². The highest BCUT2D eigenvalue weighted by Gasteiger charge is 2.20. The van der Waals surface area contributed by atoms with E-state index in [0.717, 1.165) is 40.7 Å². The lowest BCUT2D eigenvalue weighted by atomic mass is 9.94. The molecule has 0 radical (unpaired) electrons. The SMILES string of the molecule is Cc1ccccc1C(NC(=O)c1ccccc1CCc1ccccc1)c1ccccc1. The Morgan fingerprint density at radius 1 is 0.710 bits per heavy atom. The van der Waals surface area contributed by atoms with Gasteiger partial charge in [-0.15, -0.1) is 0 Å². The van der Waals surface area contributed by atoms with Gasteiger partial charge in [0.05, 0.1) is 6.04 Å². The molecule has 0 aliphatic carbocycles. The number of aryl methyl sites for hydroxylation is 3. The van der Waals surface area contributed by atoms with Crippen LogP contribution in [0.15, 0.2) is 109 Å². The van der Waals surface area contributed by atoms with Gasteiger partial charge in [-0.2, -0.15) is 0 Å².